The van der Waals surface area contributed by atoms with Crippen molar-refractivity contribution < 1.29 is 4.79 Å². The highest BCUT2D eigenvalue weighted by Crippen LogP contribution is 2.24. The third-order valence-corrected chi connectivity index (χ3v) is 3.78. The number of carbonyl (C=O) groups excluding carboxylic acids is 1. The minimum Gasteiger partial charge on any atom is -0.340 e. The van der Waals surface area contributed by atoms with Crippen molar-refractivity contribution in [2.24, 2.45) is 0 Å². The average Bonchev–Trinajstić information content (AvgIpc) is 2.63. The lowest BCUT2D eigenvalue weighted by Gasteiger charge is -2.13. The van der Waals surface area contributed by atoms with E-state index in [0.29, 0.717) is 17.4 Å². The van der Waals surface area contributed by atoms with E-state index >= 15 is 0 Å². The summed E-state index contributed by atoms with van der Waals surface area (Å²) in [5.41, 5.74) is 3.11. The Morgan fingerprint density at radius 2 is 1.68 bits per heavy atom. The van der Waals surface area contributed by atoms with Gasteiger partial charge in [0.05, 0.1) is 0 Å². The van der Waals surface area contributed by atoms with Gasteiger partial charge in [-0.15, -0.1) is 0 Å². The number of nitrogens with zero attached hydrogens (tertiary/aromatic N) is 2. The standard InChI is InChI=1S/C20H20N4O/c1-14(2)16-10-6-7-11-17(16)24-20(25)18-12-19(22-13-21-18)23-15-8-4-3-5-9-15/h3-14H,1-2H3,(H,24,25)(H,21,22,23). The van der Waals surface area contributed by atoms with Crippen LogP contribution in [-0.2, 0) is 0 Å². The molecular weight excluding hydrogens is 312 g/mol. The molecule has 0 unspecified atom stereocenters. The summed E-state index contributed by atoms with van der Waals surface area (Å²) in [6.07, 6.45) is 1.38. The Hall–Kier alpha value is -3.21. The van der Waals surface area contributed by atoms with Gasteiger partial charge in [-0.3, -0.25) is 4.79 Å². The minimum atomic E-state index is -0.258. The number of para-hydroxylation sites is 2. The molecule has 0 aliphatic rings. The van der Waals surface area contributed by atoms with Crippen LogP contribution in [0.4, 0.5) is 17.2 Å². The van der Waals surface area contributed by atoms with E-state index in [2.05, 4.69) is 34.4 Å². The summed E-state index contributed by atoms with van der Waals surface area (Å²) in [5.74, 6) is 0.632. The van der Waals surface area contributed by atoms with Gasteiger partial charge in [0.2, 0.25) is 0 Å². The zero-order chi connectivity index (χ0) is 17.6. The fourth-order valence-corrected chi connectivity index (χ4v) is 2.52. The van der Waals surface area contributed by atoms with E-state index in [0.717, 1.165) is 16.9 Å². The maximum atomic E-state index is 12.6. The molecule has 126 valence electrons. The van der Waals surface area contributed by atoms with Gasteiger partial charge in [0.15, 0.2) is 0 Å². The number of aromatic nitrogens is 2. The fraction of sp³-hybridized carbons (Fsp3) is 0.150. The van der Waals surface area contributed by atoms with Gasteiger partial charge in [-0.2, -0.15) is 0 Å². The first kappa shape index (κ1) is 16.6. The van der Waals surface area contributed by atoms with Crippen LogP contribution in [-0.4, -0.2) is 15.9 Å². The molecule has 0 aliphatic heterocycles. The van der Waals surface area contributed by atoms with Crippen molar-refractivity contribution in [1.82, 2.24) is 9.97 Å². The van der Waals surface area contributed by atoms with Crippen LogP contribution in [0.1, 0.15) is 35.8 Å². The molecule has 0 spiro atoms. The predicted octanol–water partition coefficient (Wildman–Crippen LogP) is 4.60. The van der Waals surface area contributed by atoms with E-state index in [9.17, 15) is 4.79 Å². The van der Waals surface area contributed by atoms with Gasteiger partial charge in [0.25, 0.3) is 5.91 Å². The Bertz CT molecular complexity index is 862. The van der Waals surface area contributed by atoms with Crippen LogP contribution in [0.2, 0.25) is 0 Å². The molecule has 3 aromatic rings. The Morgan fingerprint density at radius 1 is 0.960 bits per heavy atom. The van der Waals surface area contributed by atoms with Crippen molar-refractivity contribution in [2.45, 2.75) is 19.8 Å². The Balaban J connectivity index is 1.78. The molecule has 25 heavy (non-hydrogen) atoms. The van der Waals surface area contributed by atoms with Crippen molar-refractivity contribution in [3.05, 3.63) is 78.2 Å². The van der Waals surface area contributed by atoms with Gasteiger partial charge in [-0.25, -0.2) is 9.97 Å². The number of anilines is 3. The quantitative estimate of drug-likeness (QED) is 0.717. The largest absolute Gasteiger partial charge is 0.340 e. The van der Waals surface area contributed by atoms with Gasteiger partial charge in [-0.1, -0.05) is 50.2 Å². The number of benzene rings is 2. The third-order valence-electron chi connectivity index (χ3n) is 3.78. The molecule has 0 aliphatic carbocycles. The van der Waals surface area contributed by atoms with Crippen molar-refractivity contribution >= 4 is 23.1 Å². The van der Waals surface area contributed by atoms with Crippen LogP contribution in [0.15, 0.2) is 67.0 Å². The highest BCUT2D eigenvalue weighted by Gasteiger charge is 2.12. The second kappa shape index (κ2) is 7.57. The average molecular weight is 332 g/mol. The second-order valence-corrected chi connectivity index (χ2v) is 5.98. The van der Waals surface area contributed by atoms with Crippen LogP contribution >= 0.6 is 0 Å². The van der Waals surface area contributed by atoms with Crippen LogP contribution in [0.3, 0.4) is 0 Å². The molecule has 0 atom stereocenters. The number of rotatable bonds is 5. The van der Waals surface area contributed by atoms with Gasteiger partial charge in [0, 0.05) is 17.4 Å². The molecule has 0 radical (unpaired) electrons. The molecule has 2 aromatic carbocycles. The van der Waals surface area contributed by atoms with Crippen molar-refractivity contribution in [2.75, 3.05) is 10.6 Å². The summed E-state index contributed by atoms with van der Waals surface area (Å²) in [6.45, 7) is 4.19. The first-order chi connectivity index (χ1) is 12.1. The van der Waals surface area contributed by atoms with Crippen molar-refractivity contribution in [3.63, 3.8) is 0 Å². The van der Waals surface area contributed by atoms with E-state index in [-0.39, 0.29) is 5.91 Å². The number of carbonyl (C=O) groups is 1. The summed E-state index contributed by atoms with van der Waals surface area (Å²) in [7, 11) is 0. The number of hydrogen-bond acceptors (Lipinski definition) is 4. The summed E-state index contributed by atoms with van der Waals surface area (Å²) in [6, 6.07) is 19.1. The van der Waals surface area contributed by atoms with E-state index in [4.69, 9.17) is 0 Å². The molecule has 1 heterocycles. The van der Waals surface area contributed by atoms with E-state index < -0.39 is 0 Å². The molecule has 1 amide bonds. The number of nitrogens with one attached hydrogen (secondary N) is 2. The molecule has 5 nitrogen and oxygen atoms in total. The van der Waals surface area contributed by atoms with Crippen molar-refractivity contribution in [3.8, 4) is 0 Å². The SMILES string of the molecule is CC(C)c1ccccc1NC(=O)c1cc(Nc2ccccc2)ncn1. The maximum Gasteiger partial charge on any atom is 0.274 e. The molecule has 0 bridgehead atoms. The van der Waals surface area contributed by atoms with Crippen molar-refractivity contribution in [1.29, 1.82) is 0 Å². The lowest BCUT2D eigenvalue weighted by Crippen LogP contribution is -2.15. The summed E-state index contributed by atoms with van der Waals surface area (Å²) in [5, 5.41) is 6.10. The van der Waals surface area contributed by atoms with Gasteiger partial charge < -0.3 is 10.6 Å². The maximum absolute atomic E-state index is 12.6. The molecule has 0 fully saturated rings. The fourth-order valence-electron chi connectivity index (χ4n) is 2.52. The Labute approximate surface area is 147 Å². The molecule has 5 heteroatoms. The molecule has 1 aromatic heterocycles. The highest BCUT2D eigenvalue weighted by molar-refractivity contribution is 6.03. The lowest BCUT2D eigenvalue weighted by molar-refractivity contribution is 0.102. The highest BCUT2D eigenvalue weighted by atomic mass is 16.1. The van der Waals surface area contributed by atoms with Crippen LogP contribution in [0.25, 0.3) is 0 Å². The molecule has 0 saturated heterocycles. The Morgan fingerprint density at radius 3 is 2.44 bits per heavy atom. The molecule has 2 N–H and O–H groups in total. The summed E-state index contributed by atoms with van der Waals surface area (Å²) >= 11 is 0. The first-order valence-electron chi connectivity index (χ1n) is 8.18. The molecule has 3 rings (SSSR count). The topological polar surface area (TPSA) is 66.9 Å². The smallest absolute Gasteiger partial charge is 0.274 e. The monoisotopic (exact) mass is 332 g/mol. The molecular formula is C20H20N4O. The van der Waals surface area contributed by atoms with Crippen LogP contribution in [0.5, 0.6) is 0 Å². The van der Waals surface area contributed by atoms with Gasteiger partial charge in [0.1, 0.15) is 17.8 Å². The minimum absolute atomic E-state index is 0.258. The lowest BCUT2D eigenvalue weighted by atomic mass is 10.0. The van der Waals surface area contributed by atoms with Crippen LogP contribution < -0.4 is 10.6 Å². The zero-order valence-corrected chi connectivity index (χ0v) is 14.2. The molecule has 0 saturated carbocycles. The summed E-state index contributed by atoms with van der Waals surface area (Å²) < 4.78 is 0. The van der Waals surface area contributed by atoms with Crippen LogP contribution in [0, 0.1) is 0 Å². The van der Waals surface area contributed by atoms with E-state index in [1.54, 1.807) is 6.07 Å². The first-order valence-corrected chi connectivity index (χ1v) is 8.18. The van der Waals surface area contributed by atoms with Gasteiger partial charge in [-0.05, 0) is 29.7 Å². The van der Waals surface area contributed by atoms with Gasteiger partial charge >= 0.3 is 0 Å². The van der Waals surface area contributed by atoms with E-state index in [1.807, 2.05) is 54.6 Å². The normalized spacial score (nSPS) is 10.5. The van der Waals surface area contributed by atoms with E-state index in [1.165, 1.54) is 6.33 Å². The Kier molecular flexibility index (Phi) is 5.04. The predicted molar refractivity (Wildman–Crippen MR) is 100 cm³/mol. The third kappa shape index (κ3) is 4.20. The second-order valence-electron chi connectivity index (χ2n) is 5.98. The number of amides is 1. The number of hydrogen-bond donors (Lipinski definition) is 2. The zero-order valence-electron chi connectivity index (χ0n) is 14.2. The summed E-state index contributed by atoms with van der Waals surface area (Å²) in [4.78, 5) is 20.8.